The molecule has 2 rings (SSSR count). The minimum atomic E-state index is -0.523. The first-order valence-electron chi connectivity index (χ1n) is 7.01. The monoisotopic (exact) mass is 332 g/mol. The number of nitrogens with two attached hydrogens (primary N) is 1. The average molecular weight is 333 g/mol. The molecule has 0 fully saturated rings. The highest BCUT2D eigenvalue weighted by Gasteiger charge is 2.12. The number of ether oxygens (including phenoxy) is 1. The molecule has 0 atom stereocenters. The molecule has 0 spiro atoms. The number of carbonyl (C=O) groups excluding carboxylic acids is 2. The molecule has 0 aromatic heterocycles. The minimum absolute atomic E-state index is 0.163. The smallest absolute Gasteiger partial charge is 0.253 e. The Morgan fingerprint density at radius 2 is 1.70 bits per heavy atom. The van der Waals surface area contributed by atoms with E-state index in [2.05, 4.69) is 0 Å². The minimum Gasteiger partial charge on any atom is -0.490 e. The van der Waals surface area contributed by atoms with Crippen molar-refractivity contribution >= 4 is 23.4 Å². The van der Waals surface area contributed by atoms with Crippen molar-refractivity contribution in [3.63, 3.8) is 0 Å². The molecule has 0 heterocycles. The molecule has 0 aliphatic rings. The summed E-state index contributed by atoms with van der Waals surface area (Å²) in [4.78, 5) is 24.8. The van der Waals surface area contributed by atoms with Crippen LogP contribution in [0.25, 0.3) is 0 Å². The van der Waals surface area contributed by atoms with Gasteiger partial charge in [-0.2, -0.15) is 0 Å². The van der Waals surface area contributed by atoms with Crippen molar-refractivity contribution in [3.8, 4) is 5.75 Å². The normalized spacial score (nSPS) is 10.2. The van der Waals surface area contributed by atoms with Gasteiger partial charge in [0.25, 0.3) is 5.91 Å². The summed E-state index contributed by atoms with van der Waals surface area (Å²) in [6, 6.07) is 13.4. The average Bonchev–Trinajstić information content (AvgIpc) is 2.56. The van der Waals surface area contributed by atoms with Crippen molar-refractivity contribution in [2.75, 3.05) is 20.2 Å². The van der Waals surface area contributed by atoms with Crippen LogP contribution in [0.2, 0.25) is 5.02 Å². The molecule has 0 aliphatic carbocycles. The number of likely N-dealkylation sites (N-methyl/N-ethyl adjacent to an activating group) is 1. The Morgan fingerprint density at radius 1 is 1.09 bits per heavy atom. The van der Waals surface area contributed by atoms with Crippen molar-refractivity contribution in [1.82, 2.24) is 4.90 Å². The van der Waals surface area contributed by atoms with E-state index in [1.807, 2.05) is 12.1 Å². The summed E-state index contributed by atoms with van der Waals surface area (Å²) in [5, 5.41) is 0.531. The molecule has 0 saturated carbocycles. The molecule has 23 heavy (non-hydrogen) atoms. The van der Waals surface area contributed by atoms with Gasteiger partial charge in [0.15, 0.2) is 0 Å². The number of para-hydroxylation sites is 1. The van der Waals surface area contributed by atoms with Crippen LogP contribution in [0.5, 0.6) is 5.75 Å². The van der Waals surface area contributed by atoms with E-state index in [-0.39, 0.29) is 5.91 Å². The van der Waals surface area contributed by atoms with Crippen LogP contribution in [0.3, 0.4) is 0 Å². The summed E-state index contributed by atoms with van der Waals surface area (Å²) < 4.78 is 5.56. The summed E-state index contributed by atoms with van der Waals surface area (Å²) in [6.45, 7) is 0.729. The highest BCUT2D eigenvalue weighted by atomic mass is 35.5. The largest absolute Gasteiger partial charge is 0.490 e. The number of rotatable bonds is 6. The fourth-order valence-corrected chi connectivity index (χ4v) is 2.14. The number of hydrogen-bond donors (Lipinski definition) is 1. The fourth-order valence-electron chi connectivity index (χ4n) is 1.95. The summed E-state index contributed by atoms with van der Waals surface area (Å²) in [5.74, 6) is -0.102. The molecular weight excluding hydrogens is 316 g/mol. The van der Waals surface area contributed by atoms with E-state index in [1.54, 1.807) is 31.3 Å². The van der Waals surface area contributed by atoms with Gasteiger partial charge in [-0.25, -0.2) is 0 Å². The fraction of sp³-hybridized carbons (Fsp3) is 0.176. The number of nitrogens with zero attached hydrogens (tertiary/aromatic N) is 1. The Labute approximate surface area is 139 Å². The first kappa shape index (κ1) is 16.8. The first-order chi connectivity index (χ1) is 11.0. The van der Waals surface area contributed by atoms with Gasteiger partial charge >= 0.3 is 0 Å². The highest BCUT2D eigenvalue weighted by Crippen LogP contribution is 2.22. The lowest BCUT2D eigenvalue weighted by Crippen LogP contribution is -2.31. The van der Waals surface area contributed by atoms with E-state index in [0.29, 0.717) is 35.1 Å². The third-order valence-corrected chi connectivity index (χ3v) is 3.60. The molecule has 0 bridgehead atoms. The Kier molecular flexibility index (Phi) is 5.60. The van der Waals surface area contributed by atoms with Crippen molar-refractivity contribution in [1.29, 1.82) is 0 Å². The van der Waals surface area contributed by atoms with Gasteiger partial charge in [0.2, 0.25) is 5.91 Å². The van der Waals surface area contributed by atoms with Crippen molar-refractivity contribution in [2.45, 2.75) is 0 Å². The van der Waals surface area contributed by atoms with Crippen LogP contribution in [0.4, 0.5) is 0 Å². The molecule has 6 heteroatoms. The first-order valence-corrected chi connectivity index (χ1v) is 7.39. The van der Waals surface area contributed by atoms with Crippen LogP contribution in [-0.4, -0.2) is 36.9 Å². The van der Waals surface area contributed by atoms with Gasteiger partial charge in [-0.3, -0.25) is 9.59 Å². The van der Waals surface area contributed by atoms with Crippen LogP contribution in [0, 0.1) is 0 Å². The van der Waals surface area contributed by atoms with Gasteiger partial charge in [-0.05, 0) is 36.4 Å². The number of carbonyl (C=O) groups is 2. The maximum Gasteiger partial charge on any atom is 0.253 e. The van der Waals surface area contributed by atoms with Crippen LogP contribution < -0.4 is 10.5 Å². The predicted octanol–water partition coefficient (Wildman–Crippen LogP) is 2.59. The number of hydrogen-bond acceptors (Lipinski definition) is 3. The van der Waals surface area contributed by atoms with E-state index < -0.39 is 5.91 Å². The van der Waals surface area contributed by atoms with Crippen LogP contribution in [0.1, 0.15) is 20.7 Å². The number of primary amides is 1. The molecule has 120 valence electrons. The van der Waals surface area contributed by atoms with Crippen molar-refractivity contribution < 1.29 is 14.3 Å². The van der Waals surface area contributed by atoms with Crippen molar-refractivity contribution in [3.05, 3.63) is 64.7 Å². The Bertz CT molecular complexity index is 701. The number of amides is 2. The maximum atomic E-state index is 12.3. The predicted molar refractivity (Wildman–Crippen MR) is 88.9 cm³/mol. The lowest BCUT2D eigenvalue weighted by atomic mass is 10.1. The molecule has 2 aromatic rings. The van der Waals surface area contributed by atoms with Crippen LogP contribution in [0.15, 0.2) is 48.5 Å². The topological polar surface area (TPSA) is 72.6 Å². The summed E-state index contributed by atoms with van der Waals surface area (Å²) in [6.07, 6.45) is 0. The molecule has 2 aromatic carbocycles. The summed E-state index contributed by atoms with van der Waals surface area (Å²) in [7, 11) is 1.68. The van der Waals surface area contributed by atoms with Gasteiger partial charge in [0.05, 0.1) is 11.6 Å². The third-order valence-electron chi connectivity index (χ3n) is 3.28. The summed E-state index contributed by atoms with van der Waals surface area (Å²) in [5.41, 5.74) is 6.02. The van der Waals surface area contributed by atoms with Gasteiger partial charge in [-0.1, -0.05) is 23.7 Å². The Hall–Kier alpha value is -2.53. The standard InChI is InChI=1S/C17H17ClN2O3/c1-20(10-11-23-15-5-3-2-4-14(15)18)17(22)13-8-6-12(7-9-13)16(19)21/h2-9H,10-11H2,1H3,(H2,19,21). The quantitative estimate of drug-likeness (QED) is 0.883. The van der Waals surface area contributed by atoms with Gasteiger partial charge < -0.3 is 15.4 Å². The van der Waals surface area contributed by atoms with Crippen LogP contribution in [-0.2, 0) is 0 Å². The lowest BCUT2D eigenvalue weighted by Gasteiger charge is -2.18. The lowest BCUT2D eigenvalue weighted by molar-refractivity contribution is 0.0773. The Morgan fingerprint density at radius 3 is 2.30 bits per heavy atom. The molecule has 0 unspecified atom stereocenters. The SMILES string of the molecule is CN(CCOc1ccccc1Cl)C(=O)c1ccc(C(N)=O)cc1. The third kappa shape index (κ3) is 4.47. The molecule has 0 radical (unpaired) electrons. The molecular formula is C17H17ClN2O3. The number of halogens is 1. The second-order valence-corrected chi connectivity index (χ2v) is 5.35. The van der Waals surface area contributed by atoms with Crippen molar-refractivity contribution in [2.24, 2.45) is 5.73 Å². The second kappa shape index (κ2) is 7.65. The van der Waals surface area contributed by atoms with E-state index in [4.69, 9.17) is 22.1 Å². The summed E-state index contributed by atoms with van der Waals surface area (Å²) >= 11 is 6.00. The van der Waals surface area contributed by atoms with E-state index in [9.17, 15) is 9.59 Å². The molecule has 2 N–H and O–H groups in total. The highest BCUT2D eigenvalue weighted by molar-refractivity contribution is 6.32. The van der Waals surface area contributed by atoms with Gasteiger partial charge in [0.1, 0.15) is 12.4 Å². The van der Waals surface area contributed by atoms with E-state index in [0.717, 1.165) is 0 Å². The van der Waals surface area contributed by atoms with E-state index >= 15 is 0 Å². The zero-order valence-corrected chi connectivity index (χ0v) is 13.4. The zero-order chi connectivity index (χ0) is 16.8. The van der Waals surface area contributed by atoms with Gasteiger partial charge in [0, 0.05) is 18.2 Å². The van der Waals surface area contributed by atoms with E-state index in [1.165, 1.54) is 17.0 Å². The van der Waals surface area contributed by atoms with Crippen LogP contribution >= 0.6 is 11.6 Å². The van der Waals surface area contributed by atoms with Gasteiger partial charge in [-0.15, -0.1) is 0 Å². The molecule has 2 amide bonds. The number of benzene rings is 2. The Balaban J connectivity index is 1.90. The maximum absolute atomic E-state index is 12.3. The second-order valence-electron chi connectivity index (χ2n) is 4.95. The zero-order valence-electron chi connectivity index (χ0n) is 12.7. The molecule has 0 aliphatic heterocycles. The molecule has 5 nitrogen and oxygen atoms in total. The molecule has 0 saturated heterocycles.